The van der Waals surface area contributed by atoms with E-state index < -0.39 is 0 Å². The fourth-order valence-electron chi connectivity index (χ4n) is 8.13. The maximum absolute atomic E-state index is 6.77. The van der Waals surface area contributed by atoms with Gasteiger partial charge in [0.25, 0.3) is 0 Å². The first-order chi connectivity index (χ1) is 25.3. The average molecular weight is 669 g/mol. The summed E-state index contributed by atoms with van der Waals surface area (Å²) in [7, 11) is 0. The molecule has 1 heteroatoms. The summed E-state index contributed by atoms with van der Waals surface area (Å²) >= 11 is 0. The molecule has 0 aliphatic rings. The van der Waals surface area contributed by atoms with Gasteiger partial charge >= 0.3 is 0 Å². The van der Waals surface area contributed by atoms with Crippen LogP contribution in [0.5, 0.6) is 11.5 Å². The van der Waals surface area contributed by atoms with Crippen LogP contribution >= 0.6 is 0 Å². The van der Waals surface area contributed by atoms with Crippen LogP contribution in [-0.4, -0.2) is 0 Å². The van der Waals surface area contributed by atoms with Crippen LogP contribution in [0.2, 0.25) is 0 Å². The highest BCUT2D eigenvalue weighted by Crippen LogP contribution is 2.49. The molecule has 0 aliphatic heterocycles. The molecule has 0 unspecified atom stereocenters. The van der Waals surface area contributed by atoms with E-state index in [1.54, 1.807) is 0 Å². The summed E-state index contributed by atoms with van der Waals surface area (Å²) in [5.74, 6) is 1.68. The molecule has 250 valence electrons. The van der Waals surface area contributed by atoms with Crippen LogP contribution in [0.1, 0.15) is 27.8 Å². The molecule has 0 amide bonds. The largest absolute Gasteiger partial charge is 0.457 e. The lowest BCUT2D eigenvalue weighted by atomic mass is 9.81. The van der Waals surface area contributed by atoms with E-state index in [0.29, 0.717) is 0 Å². The molecule has 0 bridgehead atoms. The maximum atomic E-state index is 6.77. The van der Waals surface area contributed by atoms with E-state index in [9.17, 15) is 0 Å². The van der Waals surface area contributed by atoms with Gasteiger partial charge < -0.3 is 4.74 Å². The highest BCUT2D eigenvalue weighted by atomic mass is 16.5. The summed E-state index contributed by atoms with van der Waals surface area (Å²) in [6, 6.07) is 55.5. The SMILES string of the molecule is Cc1ccc(C)c(-c2c(-c3cc(C)ccc3C)c3cc(-c4ccc(C)c5ccccc45)ccc3c3ccc(Oc4cccc5ccccc45)cc23)c1. The molecular formula is C51H40O. The number of rotatable bonds is 5. The number of hydrogen-bond acceptors (Lipinski definition) is 1. The zero-order chi connectivity index (χ0) is 35.5. The minimum atomic E-state index is 0.824. The molecule has 9 aromatic rings. The molecule has 0 saturated carbocycles. The van der Waals surface area contributed by atoms with Gasteiger partial charge in [0.15, 0.2) is 0 Å². The summed E-state index contributed by atoms with van der Waals surface area (Å²) in [6.45, 7) is 11.1. The Morgan fingerprint density at radius 1 is 0.346 bits per heavy atom. The number of benzene rings is 9. The van der Waals surface area contributed by atoms with Gasteiger partial charge in [0, 0.05) is 5.39 Å². The van der Waals surface area contributed by atoms with Crippen molar-refractivity contribution in [3.63, 3.8) is 0 Å². The molecule has 0 heterocycles. The molecule has 0 N–H and O–H groups in total. The Morgan fingerprint density at radius 3 is 1.63 bits per heavy atom. The number of aryl methyl sites for hydroxylation is 5. The molecule has 9 rings (SSSR count). The third-order valence-electron chi connectivity index (χ3n) is 10.8. The van der Waals surface area contributed by atoms with Crippen molar-refractivity contribution in [1.82, 2.24) is 0 Å². The Balaban J connectivity index is 1.40. The standard InChI is InChI=1S/C51H40O/c1-31-17-19-34(4)45(27-31)50-47-29-37(40-24-21-33(3)39-13-8-9-15-42(39)40)22-25-43(47)44-26-23-38(52-49-16-10-12-36-11-6-7-14-41(36)49)30-48(44)51(50)46-28-32(2)18-20-35(46)5/h6-30H,1-5H3. The van der Waals surface area contributed by atoms with Crippen molar-refractivity contribution < 1.29 is 4.74 Å². The van der Waals surface area contributed by atoms with Gasteiger partial charge in [-0.1, -0.05) is 139 Å². The maximum Gasteiger partial charge on any atom is 0.135 e. The number of hydrogen-bond donors (Lipinski definition) is 0. The Bertz CT molecular complexity index is 2870. The predicted molar refractivity (Wildman–Crippen MR) is 223 cm³/mol. The van der Waals surface area contributed by atoms with Gasteiger partial charge in [0.1, 0.15) is 11.5 Å². The summed E-state index contributed by atoms with van der Waals surface area (Å²) in [5.41, 5.74) is 13.8. The van der Waals surface area contributed by atoms with Gasteiger partial charge in [-0.3, -0.25) is 0 Å². The van der Waals surface area contributed by atoms with Crippen molar-refractivity contribution in [3.05, 3.63) is 179 Å². The predicted octanol–water partition coefficient (Wildman–Crippen LogP) is 14.6. The van der Waals surface area contributed by atoms with Crippen LogP contribution in [0.3, 0.4) is 0 Å². The molecule has 0 aromatic heterocycles. The molecular weight excluding hydrogens is 629 g/mol. The van der Waals surface area contributed by atoms with Gasteiger partial charge in [0.2, 0.25) is 0 Å². The molecule has 1 nitrogen and oxygen atoms in total. The first-order valence-corrected chi connectivity index (χ1v) is 18.2. The summed E-state index contributed by atoms with van der Waals surface area (Å²) in [6.07, 6.45) is 0. The topological polar surface area (TPSA) is 9.23 Å². The molecule has 0 aliphatic carbocycles. The third-order valence-corrected chi connectivity index (χ3v) is 10.8. The molecule has 52 heavy (non-hydrogen) atoms. The Hall–Kier alpha value is -6.18. The van der Waals surface area contributed by atoms with E-state index in [4.69, 9.17) is 4.74 Å². The lowest BCUT2D eigenvalue weighted by molar-refractivity contribution is 0.489. The van der Waals surface area contributed by atoms with Crippen molar-refractivity contribution in [3.8, 4) is 44.9 Å². The Morgan fingerprint density at radius 2 is 0.923 bits per heavy atom. The van der Waals surface area contributed by atoms with Crippen molar-refractivity contribution >= 4 is 43.1 Å². The smallest absolute Gasteiger partial charge is 0.135 e. The molecule has 0 radical (unpaired) electrons. The highest BCUT2D eigenvalue weighted by molar-refractivity contribution is 6.23. The second kappa shape index (κ2) is 12.5. The lowest BCUT2D eigenvalue weighted by Crippen LogP contribution is -1.97. The van der Waals surface area contributed by atoms with E-state index in [1.807, 2.05) is 0 Å². The van der Waals surface area contributed by atoms with Crippen LogP contribution in [0.4, 0.5) is 0 Å². The van der Waals surface area contributed by atoms with Crippen LogP contribution in [0, 0.1) is 34.6 Å². The Labute approximate surface area is 305 Å². The van der Waals surface area contributed by atoms with Gasteiger partial charge in [0.05, 0.1) is 0 Å². The van der Waals surface area contributed by atoms with Gasteiger partial charge in [-0.25, -0.2) is 0 Å². The number of fused-ring (bicyclic) bond motifs is 5. The minimum Gasteiger partial charge on any atom is -0.457 e. The van der Waals surface area contributed by atoms with E-state index in [-0.39, 0.29) is 0 Å². The summed E-state index contributed by atoms with van der Waals surface area (Å²) < 4.78 is 6.77. The molecule has 0 saturated heterocycles. The van der Waals surface area contributed by atoms with Crippen LogP contribution in [0.15, 0.2) is 152 Å². The van der Waals surface area contributed by atoms with E-state index in [1.165, 1.54) is 93.5 Å². The molecule has 0 fully saturated rings. The summed E-state index contributed by atoms with van der Waals surface area (Å²) in [5, 5.41) is 9.72. The fraction of sp³-hybridized carbons (Fsp3) is 0.0980. The molecule has 0 spiro atoms. The van der Waals surface area contributed by atoms with Crippen molar-refractivity contribution in [2.45, 2.75) is 34.6 Å². The van der Waals surface area contributed by atoms with Crippen LogP contribution in [-0.2, 0) is 0 Å². The zero-order valence-corrected chi connectivity index (χ0v) is 30.3. The Kier molecular flexibility index (Phi) is 7.67. The zero-order valence-electron chi connectivity index (χ0n) is 30.3. The lowest BCUT2D eigenvalue weighted by Gasteiger charge is -2.23. The fourth-order valence-corrected chi connectivity index (χ4v) is 8.13. The first-order valence-electron chi connectivity index (χ1n) is 18.2. The molecule has 9 aromatic carbocycles. The van der Waals surface area contributed by atoms with Gasteiger partial charge in [-0.15, -0.1) is 0 Å². The van der Waals surface area contributed by atoms with Gasteiger partial charge in [-0.2, -0.15) is 0 Å². The minimum absolute atomic E-state index is 0.824. The average Bonchev–Trinajstić information content (AvgIpc) is 3.16. The van der Waals surface area contributed by atoms with Crippen LogP contribution in [0.25, 0.3) is 76.5 Å². The van der Waals surface area contributed by atoms with Crippen molar-refractivity contribution in [1.29, 1.82) is 0 Å². The third kappa shape index (κ3) is 5.33. The van der Waals surface area contributed by atoms with E-state index in [0.717, 1.165) is 22.3 Å². The van der Waals surface area contributed by atoms with E-state index in [2.05, 4.69) is 186 Å². The van der Waals surface area contributed by atoms with E-state index >= 15 is 0 Å². The second-order valence-electron chi connectivity index (χ2n) is 14.4. The van der Waals surface area contributed by atoms with Crippen LogP contribution < -0.4 is 4.74 Å². The monoisotopic (exact) mass is 668 g/mol. The van der Waals surface area contributed by atoms with Crippen molar-refractivity contribution in [2.75, 3.05) is 0 Å². The quantitative estimate of drug-likeness (QED) is 0.166. The number of ether oxygens (including phenoxy) is 1. The highest BCUT2D eigenvalue weighted by Gasteiger charge is 2.22. The first kappa shape index (κ1) is 31.8. The normalized spacial score (nSPS) is 11.6. The van der Waals surface area contributed by atoms with Crippen molar-refractivity contribution in [2.24, 2.45) is 0 Å². The molecule has 0 atom stereocenters. The van der Waals surface area contributed by atoms with Gasteiger partial charge in [-0.05, 0) is 147 Å². The summed E-state index contributed by atoms with van der Waals surface area (Å²) in [4.78, 5) is 0. The second-order valence-corrected chi connectivity index (χ2v) is 14.4.